The maximum atomic E-state index is 13.5. The van der Waals surface area contributed by atoms with Crippen LogP contribution in [0.25, 0.3) is 11.0 Å². The van der Waals surface area contributed by atoms with E-state index >= 15 is 0 Å². The molecule has 33 heavy (non-hydrogen) atoms. The van der Waals surface area contributed by atoms with Gasteiger partial charge in [0.2, 0.25) is 5.55 Å². The van der Waals surface area contributed by atoms with Gasteiger partial charge in [-0.2, -0.15) is 0 Å². The number of nitrogens with one attached hydrogen (secondary N) is 1. The first-order chi connectivity index (χ1) is 15.8. The van der Waals surface area contributed by atoms with Crippen LogP contribution in [0.2, 0.25) is 5.02 Å². The second kappa shape index (κ2) is 9.13. The summed E-state index contributed by atoms with van der Waals surface area (Å²) >= 11 is 5.81. The predicted molar refractivity (Wildman–Crippen MR) is 121 cm³/mol. The second-order valence-corrected chi connectivity index (χ2v) is 7.32. The molecule has 7 nitrogen and oxygen atoms in total. The van der Waals surface area contributed by atoms with Crippen molar-refractivity contribution in [3.8, 4) is 5.75 Å². The number of halogens is 2. The molecular weight excluding hydrogens is 451 g/mol. The number of carbonyl (C=O) groups is 2. The van der Waals surface area contributed by atoms with Gasteiger partial charge in [0, 0.05) is 11.1 Å². The summed E-state index contributed by atoms with van der Waals surface area (Å²) in [5.41, 5.74) is 1.32. The Bertz CT molecular complexity index is 1450. The third-order valence-electron chi connectivity index (χ3n) is 4.72. The van der Waals surface area contributed by atoms with Gasteiger partial charge in [-0.1, -0.05) is 11.6 Å². The number of fused-ring (bicyclic) bond motifs is 1. The number of carboxylic acid groups (broad SMARTS) is 1. The third kappa shape index (κ3) is 4.86. The molecule has 0 fully saturated rings. The summed E-state index contributed by atoms with van der Waals surface area (Å²) in [5.74, 6) is -1.66. The number of nitrogens with zero attached hydrogens (tertiary/aromatic N) is 1. The Kier molecular flexibility index (Phi) is 6.10. The number of methoxy groups -OCH3 is 1. The van der Waals surface area contributed by atoms with Gasteiger partial charge in [-0.3, -0.25) is 4.79 Å². The Morgan fingerprint density at radius 3 is 2.48 bits per heavy atom. The molecule has 2 N–H and O–H groups in total. The lowest BCUT2D eigenvalue weighted by Crippen LogP contribution is -2.21. The summed E-state index contributed by atoms with van der Waals surface area (Å²) in [6.45, 7) is 0. The lowest BCUT2D eigenvalue weighted by atomic mass is 10.1. The van der Waals surface area contributed by atoms with Crippen LogP contribution in [0, 0.1) is 5.82 Å². The van der Waals surface area contributed by atoms with Gasteiger partial charge in [-0.25, -0.2) is 14.2 Å². The van der Waals surface area contributed by atoms with E-state index in [0.717, 1.165) is 6.07 Å². The molecule has 4 aromatic rings. The summed E-state index contributed by atoms with van der Waals surface area (Å²) in [6.07, 6.45) is 0. The maximum Gasteiger partial charge on any atom is 0.335 e. The van der Waals surface area contributed by atoms with Crippen molar-refractivity contribution in [1.29, 1.82) is 0 Å². The number of hydrogen-bond acceptors (Lipinski definition) is 5. The van der Waals surface area contributed by atoms with Crippen molar-refractivity contribution < 1.29 is 28.2 Å². The van der Waals surface area contributed by atoms with Crippen LogP contribution < -0.4 is 15.6 Å². The Labute approximate surface area is 191 Å². The summed E-state index contributed by atoms with van der Waals surface area (Å²) in [7, 11) is 1.52. The SMILES string of the molecule is COc1ccc2oc(=Nc3ccc(C(=O)O)cc3)c(C(=O)Nc3ccc(F)c(Cl)c3)cc2c1. The van der Waals surface area contributed by atoms with Crippen molar-refractivity contribution in [3.63, 3.8) is 0 Å². The van der Waals surface area contributed by atoms with Crippen LogP contribution in [-0.4, -0.2) is 24.1 Å². The van der Waals surface area contributed by atoms with Gasteiger partial charge in [-0.05, 0) is 66.7 Å². The maximum absolute atomic E-state index is 13.5. The number of ether oxygens (including phenoxy) is 1. The molecule has 0 atom stereocenters. The molecule has 1 amide bonds. The molecule has 0 unspecified atom stereocenters. The van der Waals surface area contributed by atoms with E-state index in [2.05, 4.69) is 10.3 Å². The average molecular weight is 467 g/mol. The molecule has 166 valence electrons. The minimum Gasteiger partial charge on any atom is -0.497 e. The van der Waals surface area contributed by atoms with E-state index in [0.29, 0.717) is 22.4 Å². The van der Waals surface area contributed by atoms with Crippen molar-refractivity contribution in [2.45, 2.75) is 0 Å². The van der Waals surface area contributed by atoms with Gasteiger partial charge in [0.15, 0.2) is 0 Å². The van der Waals surface area contributed by atoms with Crippen molar-refractivity contribution in [3.05, 3.63) is 94.3 Å². The summed E-state index contributed by atoms with van der Waals surface area (Å²) in [6, 6.07) is 16.3. The molecule has 0 aliphatic heterocycles. The number of carboxylic acids is 1. The largest absolute Gasteiger partial charge is 0.497 e. The number of hydrogen-bond donors (Lipinski definition) is 2. The summed E-state index contributed by atoms with van der Waals surface area (Å²) in [4.78, 5) is 28.6. The molecule has 0 aliphatic carbocycles. The second-order valence-electron chi connectivity index (χ2n) is 6.92. The molecule has 1 aromatic heterocycles. The third-order valence-corrected chi connectivity index (χ3v) is 5.01. The van der Waals surface area contributed by atoms with Gasteiger partial charge in [0.1, 0.15) is 22.7 Å². The number of amides is 1. The molecule has 4 rings (SSSR count). The van der Waals surface area contributed by atoms with E-state index < -0.39 is 17.7 Å². The molecule has 0 saturated carbocycles. The Morgan fingerprint density at radius 1 is 1.06 bits per heavy atom. The zero-order valence-corrected chi connectivity index (χ0v) is 17.9. The normalized spacial score (nSPS) is 11.4. The number of carbonyl (C=O) groups excluding carboxylic acids is 1. The first kappa shape index (κ1) is 22.0. The molecule has 0 saturated heterocycles. The minimum absolute atomic E-state index is 0.00134. The van der Waals surface area contributed by atoms with E-state index in [1.165, 1.54) is 43.5 Å². The molecule has 0 spiro atoms. The van der Waals surface area contributed by atoms with E-state index in [4.69, 9.17) is 25.9 Å². The first-order valence-corrected chi connectivity index (χ1v) is 9.98. The van der Waals surface area contributed by atoms with Crippen molar-refractivity contribution in [1.82, 2.24) is 0 Å². The Hall–Kier alpha value is -4.17. The minimum atomic E-state index is -1.07. The Balaban J connectivity index is 1.83. The highest BCUT2D eigenvalue weighted by Gasteiger charge is 2.15. The molecular formula is C24H16ClFN2O5. The van der Waals surface area contributed by atoms with Gasteiger partial charge in [0.25, 0.3) is 5.91 Å². The molecule has 0 aliphatic rings. The van der Waals surface area contributed by atoms with E-state index in [1.54, 1.807) is 24.3 Å². The zero-order chi connectivity index (χ0) is 23.5. The molecule has 0 bridgehead atoms. The van der Waals surface area contributed by atoms with Gasteiger partial charge in [-0.15, -0.1) is 0 Å². The Morgan fingerprint density at radius 2 is 1.82 bits per heavy atom. The van der Waals surface area contributed by atoms with Crippen LogP contribution in [0.15, 0.2) is 76.1 Å². The summed E-state index contributed by atoms with van der Waals surface area (Å²) in [5, 5.41) is 12.2. The quantitative estimate of drug-likeness (QED) is 0.409. The van der Waals surface area contributed by atoms with E-state index in [-0.39, 0.29) is 27.4 Å². The highest BCUT2D eigenvalue weighted by Crippen LogP contribution is 2.23. The van der Waals surface area contributed by atoms with Crippen LogP contribution in [0.3, 0.4) is 0 Å². The monoisotopic (exact) mass is 466 g/mol. The van der Waals surface area contributed by atoms with Crippen LogP contribution in [0.4, 0.5) is 15.8 Å². The molecule has 0 radical (unpaired) electrons. The van der Waals surface area contributed by atoms with Crippen LogP contribution >= 0.6 is 11.6 Å². The van der Waals surface area contributed by atoms with E-state index in [9.17, 15) is 14.0 Å². The molecule has 1 heterocycles. The highest BCUT2D eigenvalue weighted by atomic mass is 35.5. The van der Waals surface area contributed by atoms with Crippen molar-refractivity contribution in [2.75, 3.05) is 12.4 Å². The smallest absolute Gasteiger partial charge is 0.335 e. The fourth-order valence-corrected chi connectivity index (χ4v) is 3.23. The van der Waals surface area contributed by atoms with Gasteiger partial charge >= 0.3 is 5.97 Å². The average Bonchev–Trinajstić information content (AvgIpc) is 2.81. The topological polar surface area (TPSA) is 101 Å². The van der Waals surface area contributed by atoms with Gasteiger partial charge < -0.3 is 19.6 Å². The fourth-order valence-electron chi connectivity index (χ4n) is 3.05. The zero-order valence-electron chi connectivity index (χ0n) is 17.1. The first-order valence-electron chi connectivity index (χ1n) is 9.60. The standard InChI is InChI=1S/C24H16ClFN2O5/c1-32-17-7-9-21-14(10-17)11-18(22(29)27-16-6-8-20(26)19(25)12-16)23(33-21)28-15-4-2-13(3-5-15)24(30)31/h2-12H,1H3,(H,27,29)(H,30,31). The summed E-state index contributed by atoms with van der Waals surface area (Å²) < 4.78 is 24.6. The van der Waals surface area contributed by atoms with Crippen LogP contribution in [-0.2, 0) is 0 Å². The highest BCUT2D eigenvalue weighted by molar-refractivity contribution is 6.31. The molecule has 9 heteroatoms. The van der Waals surface area contributed by atoms with Gasteiger partial charge in [0.05, 0.1) is 23.4 Å². The number of benzene rings is 3. The van der Waals surface area contributed by atoms with Crippen LogP contribution in [0.5, 0.6) is 5.75 Å². The lowest BCUT2D eigenvalue weighted by molar-refractivity contribution is 0.0696. The van der Waals surface area contributed by atoms with Crippen molar-refractivity contribution >= 4 is 45.8 Å². The lowest BCUT2D eigenvalue weighted by Gasteiger charge is -2.08. The molecule has 3 aromatic carbocycles. The number of rotatable bonds is 5. The number of anilines is 1. The van der Waals surface area contributed by atoms with Crippen molar-refractivity contribution in [2.24, 2.45) is 4.99 Å². The number of aromatic carboxylic acids is 1. The fraction of sp³-hybridized carbons (Fsp3) is 0.0417. The predicted octanol–water partition coefficient (Wildman–Crippen LogP) is 5.42. The van der Waals surface area contributed by atoms with Crippen LogP contribution in [0.1, 0.15) is 20.7 Å². The van der Waals surface area contributed by atoms with E-state index in [1.807, 2.05) is 0 Å².